The van der Waals surface area contributed by atoms with Gasteiger partial charge in [-0.3, -0.25) is 0 Å². The number of carbonyl (C=O) groups excluding carboxylic acids is 1. The van der Waals surface area contributed by atoms with Crippen LogP contribution in [0.25, 0.3) is 5.70 Å². The predicted octanol–water partition coefficient (Wildman–Crippen LogP) is 8.11. The van der Waals surface area contributed by atoms with Gasteiger partial charge in [-0.05, 0) is 80.9 Å². The first-order chi connectivity index (χ1) is 18.0. The van der Waals surface area contributed by atoms with E-state index in [1.54, 1.807) is 6.07 Å². The van der Waals surface area contributed by atoms with Crippen molar-refractivity contribution in [2.75, 3.05) is 18.1 Å². The van der Waals surface area contributed by atoms with Gasteiger partial charge in [0.05, 0.1) is 17.9 Å². The van der Waals surface area contributed by atoms with Crippen LogP contribution >= 0.6 is 0 Å². The van der Waals surface area contributed by atoms with Gasteiger partial charge in [-0.15, -0.1) is 0 Å². The molecule has 1 aliphatic heterocycles. The fourth-order valence-corrected chi connectivity index (χ4v) is 5.13. The number of ether oxygens (including phenoxy) is 2. The average molecular weight is 498 g/mol. The second kappa shape index (κ2) is 11.7. The fraction of sp³-hybridized carbons (Fsp3) is 0.364. The number of fused-ring (bicyclic) bond motifs is 1. The molecule has 4 nitrogen and oxygen atoms in total. The lowest BCUT2D eigenvalue weighted by molar-refractivity contribution is 0.0526. The minimum atomic E-state index is -0.306. The van der Waals surface area contributed by atoms with E-state index in [4.69, 9.17) is 9.47 Å². The van der Waals surface area contributed by atoms with Gasteiger partial charge in [0.25, 0.3) is 0 Å². The summed E-state index contributed by atoms with van der Waals surface area (Å²) >= 11 is 0. The summed E-state index contributed by atoms with van der Waals surface area (Å²) < 4.78 is 11.7. The first-order valence-corrected chi connectivity index (χ1v) is 13.5. The minimum Gasteiger partial charge on any atom is -0.488 e. The maximum absolute atomic E-state index is 12.4. The van der Waals surface area contributed by atoms with E-state index in [0.29, 0.717) is 24.7 Å². The largest absolute Gasteiger partial charge is 0.488 e. The molecule has 5 rings (SSSR count). The van der Waals surface area contributed by atoms with E-state index in [1.165, 1.54) is 11.1 Å². The van der Waals surface area contributed by atoms with E-state index in [-0.39, 0.29) is 5.97 Å². The number of nitrogens with zero attached hydrogens (tertiary/aromatic N) is 1. The van der Waals surface area contributed by atoms with Gasteiger partial charge < -0.3 is 14.4 Å². The van der Waals surface area contributed by atoms with Crippen LogP contribution in [0.15, 0.2) is 84.1 Å². The standard InChI is InChI=1S/C31H33NO3.C2H6/c1-5-34-31(33)24-9-7-10-25(18-24)32-21(3)8-6-11-29(32)28-16-20(2)12-15-30(28)35-19-23-13-14-26-22(4)27(26)17-23;1-2/h7-18,22,26-27H,5-6,19H2,1-4H3;1-2H3. The second-order valence-electron chi connectivity index (χ2n) is 9.68. The maximum atomic E-state index is 12.4. The number of aryl methyl sites for hydroxylation is 1. The number of hydrogen-bond donors (Lipinski definition) is 0. The number of anilines is 1. The number of esters is 1. The van der Waals surface area contributed by atoms with Crippen molar-refractivity contribution in [3.8, 4) is 5.75 Å². The van der Waals surface area contributed by atoms with Crippen LogP contribution in [-0.4, -0.2) is 19.2 Å². The lowest BCUT2D eigenvalue weighted by atomic mass is 10.0. The van der Waals surface area contributed by atoms with Crippen molar-refractivity contribution in [3.63, 3.8) is 0 Å². The number of hydrogen-bond acceptors (Lipinski definition) is 4. The Morgan fingerprint density at radius 2 is 1.86 bits per heavy atom. The van der Waals surface area contributed by atoms with E-state index in [9.17, 15) is 4.79 Å². The Hall–Kier alpha value is -3.53. The maximum Gasteiger partial charge on any atom is 0.338 e. The smallest absolute Gasteiger partial charge is 0.338 e. The van der Waals surface area contributed by atoms with Crippen molar-refractivity contribution < 1.29 is 14.3 Å². The molecule has 0 spiro atoms. The van der Waals surface area contributed by atoms with Gasteiger partial charge in [0, 0.05) is 16.9 Å². The third-order valence-electron chi connectivity index (χ3n) is 7.20. The summed E-state index contributed by atoms with van der Waals surface area (Å²) in [5.41, 5.74) is 7.12. The van der Waals surface area contributed by atoms with Crippen LogP contribution in [0, 0.1) is 24.7 Å². The number of benzene rings is 2. The molecule has 1 heterocycles. The van der Waals surface area contributed by atoms with Crippen molar-refractivity contribution in [3.05, 3.63) is 101 Å². The zero-order chi connectivity index (χ0) is 26.5. The Balaban J connectivity index is 0.00000156. The Kier molecular flexibility index (Phi) is 8.38. The summed E-state index contributed by atoms with van der Waals surface area (Å²) in [6.45, 7) is 13.3. The van der Waals surface area contributed by atoms with Crippen LogP contribution in [0.1, 0.15) is 62.5 Å². The Morgan fingerprint density at radius 1 is 1.05 bits per heavy atom. The molecule has 0 amide bonds. The van der Waals surface area contributed by atoms with Crippen molar-refractivity contribution in [1.82, 2.24) is 0 Å². The normalized spacial score (nSPS) is 21.5. The van der Waals surface area contributed by atoms with E-state index in [0.717, 1.165) is 46.7 Å². The molecule has 4 heteroatoms. The number of allylic oxidation sites excluding steroid dienone is 5. The molecule has 1 saturated carbocycles. The van der Waals surface area contributed by atoms with Crippen LogP contribution in [-0.2, 0) is 4.74 Å². The lowest BCUT2D eigenvalue weighted by Gasteiger charge is -2.32. The van der Waals surface area contributed by atoms with Gasteiger partial charge in [-0.1, -0.05) is 68.8 Å². The molecule has 2 aromatic carbocycles. The highest BCUT2D eigenvalue weighted by Crippen LogP contribution is 2.50. The molecule has 3 aliphatic rings. The second-order valence-corrected chi connectivity index (χ2v) is 9.68. The molecular formula is C33H39NO3. The van der Waals surface area contributed by atoms with Crippen molar-refractivity contribution in [1.29, 1.82) is 0 Å². The molecular weight excluding hydrogens is 458 g/mol. The van der Waals surface area contributed by atoms with Crippen LogP contribution in [0.2, 0.25) is 0 Å². The predicted molar refractivity (Wildman–Crippen MR) is 153 cm³/mol. The number of carbonyl (C=O) groups is 1. The van der Waals surface area contributed by atoms with Crippen molar-refractivity contribution in [2.24, 2.45) is 17.8 Å². The zero-order valence-electron chi connectivity index (χ0n) is 23.0. The molecule has 1 fully saturated rings. The summed E-state index contributed by atoms with van der Waals surface area (Å²) in [5.74, 6) is 2.70. The van der Waals surface area contributed by atoms with Crippen LogP contribution in [0.3, 0.4) is 0 Å². The fourth-order valence-electron chi connectivity index (χ4n) is 5.13. The molecule has 0 N–H and O–H groups in total. The quantitative estimate of drug-likeness (QED) is 0.362. The summed E-state index contributed by atoms with van der Waals surface area (Å²) in [6.07, 6.45) is 12.2. The Morgan fingerprint density at radius 3 is 2.62 bits per heavy atom. The van der Waals surface area contributed by atoms with Gasteiger partial charge in [0.2, 0.25) is 0 Å². The highest BCUT2D eigenvalue weighted by Gasteiger charge is 2.44. The first kappa shape index (κ1) is 26.5. The summed E-state index contributed by atoms with van der Waals surface area (Å²) in [5, 5.41) is 0. The molecule has 0 radical (unpaired) electrons. The third-order valence-corrected chi connectivity index (χ3v) is 7.20. The van der Waals surface area contributed by atoms with Gasteiger partial charge in [0.1, 0.15) is 12.4 Å². The monoisotopic (exact) mass is 497 g/mol. The van der Waals surface area contributed by atoms with Crippen molar-refractivity contribution >= 4 is 17.4 Å². The van der Waals surface area contributed by atoms with E-state index < -0.39 is 0 Å². The number of rotatable bonds is 7. The zero-order valence-corrected chi connectivity index (χ0v) is 23.0. The highest BCUT2D eigenvalue weighted by atomic mass is 16.5. The Labute approximate surface area is 222 Å². The molecule has 2 aromatic rings. The van der Waals surface area contributed by atoms with E-state index in [1.807, 2.05) is 39.0 Å². The topological polar surface area (TPSA) is 38.8 Å². The van der Waals surface area contributed by atoms with Crippen LogP contribution in [0.4, 0.5) is 5.69 Å². The van der Waals surface area contributed by atoms with Crippen LogP contribution < -0.4 is 9.64 Å². The molecule has 0 bridgehead atoms. The highest BCUT2D eigenvalue weighted by molar-refractivity contribution is 5.93. The van der Waals surface area contributed by atoms with Gasteiger partial charge >= 0.3 is 5.97 Å². The SMILES string of the molecule is CC.CCOC(=O)c1cccc(N2C(C)=CCC=C2c2cc(C)ccc2OCC2=CC3C(C)C3C=C2)c1. The molecule has 2 aliphatic carbocycles. The summed E-state index contributed by atoms with van der Waals surface area (Å²) in [7, 11) is 0. The summed E-state index contributed by atoms with van der Waals surface area (Å²) in [6, 6.07) is 14.0. The molecule has 3 unspecified atom stereocenters. The average Bonchev–Trinajstić information content (AvgIpc) is 3.57. The molecule has 0 saturated heterocycles. The molecule has 3 atom stereocenters. The molecule has 37 heavy (non-hydrogen) atoms. The van der Waals surface area contributed by atoms with Gasteiger partial charge in [0.15, 0.2) is 0 Å². The van der Waals surface area contributed by atoms with E-state index in [2.05, 4.69) is 74.3 Å². The summed E-state index contributed by atoms with van der Waals surface area (Å²) in [4.78, 5) is 14.6. The third kappa shape index (κ3) is 5.74. The van der Waals surface area contributed by atoms with Crippen LogP contribution in [0.5, 0.6) is 5.75 Å². The van der Waals surface area contributed by atoms with Gasteiger partial charge in [-0.25, -0.2) is 4.79 Å². The minimum absolute atomic E-state index is 0.306. The lowest BCUT2D eigenvalue weighted by Crippen LogP contribution is -2.22. The Bertz CT molecular complexity index is 1270. The van der Waals surface area contributed by atoms with Crippen molar-refractivity contribution in [2.45, 2.75) is 48.0 Å². The molecule has 0 aromatic heterocycles. The van der Waals surface area contributed by atoms with Gasteiger partial charge in [-0.2, -0.15) is 0 Å². The first-order valence-electron chi connectivity index (χ1n) is 13.5. The van der Waals surface area contributed by atoms with E-state index >= 15 is 0 Å². The molecule has 194 valence electrons.